The van der Waals surface area contributed by atoms with E-state index >= 15 is 0 Å². The van der Waals surface area contributed by atoms with Gasteiger partial charge in [0.1, 0.15) is 5.75 Å². The maximum absolute atomic E-state index is 8.97. The van der Waals surface area contributed by atoms with Crippen molar-refractivity contribution >= 4 is 17.3 Å². The van der Waals surface area contributed by atoms with Crippen molar-refractivity contribution in [2.24, 2.45) is 5.16 Å². The Bertz CT molecular complexity index is 564. The number of benzene rings is 1. The predicted octanol–water partition coefficient (Wildman–Crippen LogP) is 1.18. The van der Waals surface area contributed by atoms with Crippen LogP contribution in [-0.2, 0) is 0 Å². The van der Waals surface area contributed by atoms with Crippen molar-refractivity contribution in [1.82, 2.24) is 9.78 Å². The lowest BCUT2D eigenvalue weighted by Gasteiger charge is -2.08. The van der Waals surface area contributed by atoms with Crippen LogP contribution in [0.15, 0.2) is 41.8 Å². The summed E-state index contributed by atoms with van der Waals surface area (Å²) >= 11 is 0. The van der Waals surface area contributed by atoms with E-state index in [0.29, 0.717) is 17.1 Å². The summed E-state index contributed by atoms with van der Waals surface area (Å²) in [5.74, 6) is 0.831. The second-order valence-corrected chi connectivity index (χ2v) is 3.50. The Morgan fingerprint density at radius 2 is 2.39 bits per heavy atom. The minimum absolute atomic E-state index is 0.139. The zero-order valence-electron chi connectivity index (χ0n) is 9.74. The molecule has 1 aromatic carbocycles. The Balaban J connectivity index is 2.20. The molecule has 18 heavy (non-hydrogen) atoms. The molecule has 2 rings (SSSR count). The molecule has 7 nitrogen and oxygen atoms in total. The van der Waals surface area contributed by atoms with Gasteiger partial charge in [-0.15, -0.1) is 0 Å². The predicted molar refractivity (Wildman–Crippen MR) is 67.9 cm³/mol. The minimum Gasteiger partial charge on any atom is -0.497 e. The number of nitrogen functional groups attached to an aromatic ring is 1. The Kier molecular flexibility index (Phi) is 3.33. The van der Waals surface area contributed by atoms with Crippen LogP contribution in [0.2, 0.25) is 0 Å². The third-order valence-corrected chi connectivity index (χ3v) is 2.24. The molecule has 0 radical (unpaired) electrons. The molecule has 0 unspecified atom stereocenters. The number of anilines is 2. The highest BCUT2D eigenvalue weighted by Crippen LogP contribution is 2.16. The Morgan fingerprint density at radius 1 is 1.56 bits per heavy atom. The number of ether oxygens (including phenoxy) is 1. The standard InChI is InChI=1S/C11H13N5O2/c1-18-10-4-2-3-9(5-10)14-11(15-17)16-7-8(12)6-13-16/h2-7,17H,12H2,1H3,(H,14,15). The Hall–Kier alpha value is -2.70. The first kappa shape index (κ1) is 11.8. The summed E-state index contributed by atoms with van der Waals surface area (Å²) in [6.07, 6.45) is 2.99. The normalized spacial score (nSPS) is 11.3. The second-order valence-electron chi connectivity index (χ2n) is 3.50. The summed E-state index contributed by atoms with van der Waals surface area (Å²) in [5, 5.41) is 18.9. The summed E-state index contributed by atoms with van der Waals surface area (Å²) < 4.78 is 6.42. The van der Waals surface area contributed by atoms with Crippen LogP contribution in [0.1, 0.15) is 0 Å². The van der Waals surface area contributed by atoms with Crippen LogP contribution in [0.5, 0.6) is 5.75 Å². The molecule has 1 heterocycles. The maximum Gasteiger partial charge on any atom is 0.265 e. The van der Waals surface area contributed by atoms with E-state index in [2.05, 4.69) is 15.6 Å². The molecule has 0 saturated heterocycles. The fraction of sp³-hybridized carbons (Fsp3) is 0.0909. The zero-order valence-corrected chi connectivity index (χ0v) is 9.74. The quantitative estimate of drug-likeness (QED) is 0.320. The summed E-state index contributed by atoms with van der Waals surface area (Å²) in [7, 11) is 1.58. The summed E-state index contributed by atoms with van der Waals surface area (Å²) in [6.45, 7) is 0. The number of methoxy groups -OCH3 is 1. The lowest BCUT2D eigenvalue weighted by molar-refractivity contribution is 0.316. The number of rotatable bonds is 2. The molecular formula is C11H13N5O2. The third kappa shape index (κ3) is 2.51. The summed E-state index contributed by atoms with van der Waals surface area (Å²) in [6, 6.07) is 7.19. The van der Waals surface area contributed by atoms with Gasteiger partial charge in [-0.05, 0) is 17.3 Å². The smallest absolute Gasteiger partial charge is 0.265 e. The lowest BCUT2D eigenvalue weighted by Crippen LogP contribution is -2.22. The molecular weight excluding hydrogens is 234 g/mol. The van der Waals surface area contributed by atoms with E-state index in [1.807, 2.05) is 12.1 Å². The van der Waals surface area contributed by atoms with Gasteiger partial charge in [-0.2, -0.15) is 5.10 Å². The average molecular weight is 247 g/mol. The van der Waals surface area contributed by atoms with E-state index in [1.54, 1.807) is 19.2 Å². The summed E-state index contributed by atoms with van der Waals surface area (Å²) in [4.78, 5) is 0. The van der Waals surface area contributed by atoms with Crippen molar-refractivity contribution in [2.45, 2.75) is 0 Å². The van der Waals surface area contributed by atoms with Crippen molar-refractivity contribution < 1.29 is 9.94 Å². The number of nitrogens with two attached hydrogens (primary N) is 1. The van der Waals surface area contributed by atoms with Crippen LogP contribution in [0.4, 0.5) is 11.4 Å². The highest BCUT2D eigenvalue weighted by molar-refractivity contribution is 5.94. The highest BCUT2D eigenvalue weighted by atomic mass is 16.5. The molecule has 2 aromatic rings. The molecule has 4 N–H and O–H groups in total. The topological polar surface area (TPSA) is 97.7 Å². The van der Waals surface area contributed by atoms with E-state index < -0.39 is 0 Å². The van der Waals surface area contributed by atoms with Crippen molar-refractivity contribution in [3.8, 4) is 5.75 Å². The lowest BCUT2D eigenvalue weighted by atomic mass is 10.3. The van der Waals surface area contributed by atoms with Gasteiger partial charge >= 0.3 is 0 Å². The first-order chi connectivity index (χ1) is 8.72. The number of hydrogen-bond acceptors (Lipinski definition) is 5. The number of hydrogen-bond donors (Lipinski definition) is 3. The Morgan fingerprint density at radius 3 is 3.00 bits per heavy atom. The van der Waals surface area contributed by atoms with Crippen molar-refractivity contribution in [3.05, 3.63) is 36.7 Å². The fourth-order valence-electron chi connectivity index (χ4n) is 1.41. The van der Waals surface area contributed by atoms with Crippen LogP contribution < -0.4 is 15.8 Å². The van der Waals surface area contributed by atoms with Crippen LogP contribution in [0, 0.1) is 0 Å². The van der Waals surface area contributed by atoms with E-state index in [4.69, 9.17) is 15.7 Å². The summed E-state index contributed by atoms with van der Waals surface area (Å²) in [5.41, 5.74) is 6.72. The van der Waals surface area contributed by atoms with Gasteiger partial charge in [0.15, 0.2) is 0 Å². The number of oxime groups is 1. The third-order valence-electron chi connectivity index (χ3n) is 2.24. The van der Waals surface area contributed by atoms with E-state index in [-0.39, 0.29) is 5.96 Å². The second kappa shape index (κ2) is 5.09. The fourth-order valence-corrected chi connectivity index (χ4v) is 1.41. The van der Waals surface area contributed by atoms with Gasteiger partial charge in [0.2, 0.25) is 0 Å². The molecule has 0 amide bonds. The van der Waals surface area contributed by atoms with Gasteiger partial charge in [-0.1, -0.05) is 6.07 Å². The van der Waals surface area contributed by atoms with Crippen LogP contribution in [0.3, 0.4) is 0 Å². The molecule has 0 aliphatic heterocycles. The van der Waals surface area contributed by atoms with Crippen LogP contribution in [0.25, 0.3) is 0 Å². The van der Waals surface area contributed by atoms with Crippen molar-refractivity contribution in [3.63, 3.8) is 0 Å². The monoisotopic (exact) mass is 247 g/mol. The van der Waals surface area contributed by atoms with Crippen molar-refractivity contribution in [1.29, 1.82) is 0 Å². The van der Waals surface area contributed by atoms with Gasteiger partial charge in [0.25, 0.3) is 5.96 Å². The molecule has 1 aromatic heterocycles. The molecule has 0 atom stereocenters. The first-order valence-corrected chi connectivity index (χ1v) is 5.16. The molecule has 0 aliphatic carbocycles. The molecule has 0 aliphatic rings. The number of nitrogens with one attached hydrogen (secondary N) is 1. The Labute approximate surface area is 103 Å². The minimum atomic E-state index is 0.139. The van der Waals surface area contributed by atoms with E-state index in [0.717, 1.165) is 0 Å². The molecule has 94 valence electrons. The highest BCUT2D eigenvalue weighted by Gasteiger charge is 2.06. The van der Waals surface area contributed by atoms with Crippen molar-refractivity contribution in [2.75, 3.05) is 18.2 Å². The largest absolute Gasteiger partial charge is 0.497 e. The number of aromatic nitrogens is 2. The SMILES string of the molecule is COc1cccc(NC(=NO)n2cc(N)cn2)c1. The van der Waals surface area contributed by atoms with Gasteiger partial charge in [0, 0.05) is 11.8 Å². The van der Waals surface area contributed by atoms with Crippen LogP contribution >= 0.6 is 0 Å². The van der Waals surface area contributed by atoms with Crippen LogP contribution in [-0.4, -0.2) is 28.1 Å². The zero-order chi connectivity index (χ0) is 13.0. The molecule has 7 heteroatoms. The van der Waals surface area contributed by atoms with Gasteiger partial charge < -0.3 is 21.0 Å². The molecule has 0 bridgehead atoms. The molecule has 0 saturated carbocycles. The molecule has 0 fully saturated rings. The van der Waals surface area contributed by atoms with Gasteiger partial charge in [-0.25, -0.2) is 4.68 Å². The van der Waals surface area contributed by atoms with E-state index in [1.165, 1.54) is 17.1 Å². The first-order valence-electron chi connectivity index (χ1n) is 5.16. The number of nitrogens with zero attached hydrogens (tertiary/aromatic N) is 3. The molecule has 0 spiro atoms. The average Bonchev–Trinajstić information content (AvgIpc) is 2.82. The maximum atomic E-state index is 8.97. The van der Waals surface area contributed by atoms with Gasteiger partial charge in [0.05, 0.1) is 25.2 Å². The van der Waals surface area contributed by atoms with Gasteiger partial charge in [-0.3, -0.25) is 0 Å². The van der Waals surface area contributed by atoms with E-state index in [9.17, 15) is 0 Å².